The third kappa shape index (κ3) is 3.44. The molecule has 4 heteroatoms. The Morgan fingerprint density at radius 1 is 1.41 bits per heavy atom. The minimum absolute atomic E-state index is 0.0718. The largest absolute Gasteiger partial charge is 0.384 e. The van der Waals surface area contributed by atoms with Crippen LogP contribution in [0.4, 0.5) is 5.82 Å². The van der Waals surface area contributed by atoms with Gasteiger partial charge in [-0.3, -0.25) is 5.41 Å². The Balaban J connectivity index is 3.13. The van der Waals surface area contributed by atoms with Crippen molar-refractivity contribution in [3.63, 3.8) is 0 Å². The summed E-state index contributed by atoms with van der Waals surface area (Å²) < 4.78 is 0. The minimum Gasteiger partial charge on any atom is -0.384 e. The van der Waals surface area contributed by atoms with Crippen molar-refractivity contribution in [1.82, 2.24) is 4.98 Å². The van der Waals surface area contributed by atoms with E-state index >= 15 is 0 Å². The summed E-state index contributed by atoms with van der Waals surface area (Å²) in [5.74, 6) is 1.42. The summed E-state index contributed by atoms with van der Waals surface area (Å²) in [5.41, 5.74) is 6.31. The van der Waals surface area contributed by atoms with Crippen molar-refractivity contribution < 1.29 is 0 Å². The lowest BCUT2D eigenvalue weighted by atomic mass is 10.1. The van der Waals surface area contributed by atoms with Crippen LogP contribution in [-0.2, 0) is 0 Å². The topological polar surface area (TPSA) is 66.0 Å². The van der Waals surface area contributed by atoms with Gasteiger partial charge >= 0.3 is 0 Å². The zero-order valence-corrected chi connectivity index (χ0v) is 11.1. The van der Waals surface area contributed by atoms with Crippen molar-refractivity contribution in [3.8, 4) is 0 Å². The SMILES string of the molecule is CC(C)CN(c1ncccc1C(=N)N)C(C)C. The first-order chi connectivity index (χ1) is 7.93. The first-order valence-corrected chi connectivity index (χ1v) is 5.99. The number of pyridine rings is 1. The lowest BCUT2D eigenvalue weighted by molar-refractivity contribution is 0.566. The van der Waals surface area contributed by atoms with E-state index in [2.05, 4.69) is 37.6 Å². The molecule has 0 fully saturated rings. The average Bonchev–Trinajstić information content (AvgIpc) is 2.25. The molecule has 0 bridgehead atoms. The van der Waals surface area contributed by atoms with E-state index < -0.39 is 0 Å². The van der Waals surface area contributed by atoms with Crippen LogP contribution in [0.15, 0.2) is 18.3 Å². The van der Waals surface area contributed by atoms with Crippen LogP contribution < -0.4 is 10.6 Å². The Morgan fingerprint density at radius 2 is 2.06 bits per heavy atom. The molecule has 0 amide bonds. The highest BCUT2D eigenvalue weighted by atomic mass is 15.2. The molecule has 0 saturated heterocycles. The van der Waals surface area contributed by atoms with Gasteiger partial charge in [0.25, 0.3) is 0 Å². The van der Waals surface area contributed by atoms with Gasteiger partial charge in [-0.2, -0.15) is 0 Å². The molecule has 1 aromatic rings. The fourth-order valence-corrected chi connectivity index (χ4v) is 1.77. The summed E-state index contributed by atoms with van der Waals surface area (Å²) in [6, 6.07) is 4.00. The molecule has 0 aromatic carbocycles. The Labute approximate surface area is 103 Å². The molecule has 0 spiro atoms. The van der Waals surface area contributed by atoms with Gasteiger partial charge in [0.1, 0.15) is 11.7 Å². The van der Waals surface area contributed by atoms with E-state index in [0.717, 1.165) is 12.4 Å². The Kier molecular flexibility index (Phi) is 4.49. The van der Waals surface area contributed by atoms with Gasteiger partial charge in [-0.05, 0) is 31.9 Å². The fourth-order valence-electron chi connectivity index (χ4n) is 1.77. The molecule has 0 aliphatic carbocycles. The molecule has 0 aliphatic rings. The summed E-state index contributed by atoms with van der Waals surface area (Å²) in [5, 5.41) is 7.60. The third-order valence-electron chi connectivity index (χ3n) is 2.53. The van der Waals surface area contributed by atoms with Crippen molar-refractivity contribution in [2.45, 2.75) is 33.7 Å². The molecule has 1 heterocycles. The summed E-state index contributed by atoms with van der Waals surface area (Å²) in [7, 11) is 0. The number of nitrogen functional groups attached to an aromatic ring is 1. The number of nitrogens with one attached hydrogen (secondary N) is 1. The van der Waals surface area contributed by atoms with Crippen LogP contribution in [-0.4, -0.2) is 23.4 Å². The van der Waals surface area contributed by atoms with E-state index in [1.54, 1.807) is 6.20 Å². The van der Waals surface area contributed by atoms with Gasteiger partial charge in [-0.15, -0.1) is 0 Å². The summed E-state index contributed by atoms with van der Waals surface area (Å²) >= 11 is 0. The fraction of sp³-hybridized carbons (Fsp3) is 0.538. The van der Waals surface area contributed by atoms with E-state index in [1.165, 1.54) is 0 Å². The van der Waals surface area contributed by atoms with E-state index in [0.29, 0.717) is 17.5 Å². The molecule has 0 radical (unpaired) electrons. The number of aromatic nitrogens is 1. The van der Waals surface area contributed by atoms with E-state index in [9.17, 15) is 0 Å². The van der Waals surface area contributed by atoms with Crippen molar-refractivity contribution in [1.29, 1.82) is 5.41 Å². The van der Waals surface area contributed by atoms with Crippen LogP contribution in [0.3, 0.4) is 0 Å². The van der Waals surface area contributed by atoms with E-state index in [4.69, 9.17) is 11.1 Å². The molecule has 0 aliphatic heterocycles. The summed E-state index contributed by atoms with van der Waals surface area (Å²) in [4.78, 5) is 6.58. The lowest BCUT2D eigenvalue weighted by Gasteiger charge is -2.31. The predicted octanol–water partition coefficient (Wildman–Crippen LogP) is 2.24. The molecule has 1 aromatic heterocycles. The van der Waals surface area contributed by atoms with Crippen LogP contribution in [0.2, 0.25) is 0 Å². The monoisotopic (exact) mass is 234 g/mol. The number of nitrogens with zero attached hydrogens (tertiary/aromatic N) is 2. The smallest absolute Gasteiger partial charge is 0.139 e. The summed E-state index contributed by atoms with van der Waals surface area (Å²) in [6.45, 7) is 9.51. The van der Waals surface area contributed by atoms with Gasteiger partial charge in [-0.25, -0.2) is 4.98 Å². The molecule has 0 atom stereocenters. The number of nitrogens with two attached hydrogens (primary N) is 1. The van der Waals surface area contributed by atoms with Crippen LogP contribution >= 0.6 is 0 Å². The van der Waals surface area contributed by atoms with Crippen molar-refractivity contribution in [3.05, 3.63) is 23.9 Å². The van der Waals surface area contributed by atoms with Gasteiger partial charge in [0.2, 0.25) is 0 Å². The zero-order chi connectivity index (χ0) is 13.0. The average molecular weight is 234 g/mol. The number of rotatable bonds is 5. The molecule has 4 nitrogen and oxygen atoms in total. The minimum atomic E-state index is 0.0718. The highest BCUT2D eigenvalue weighted by molar-refractivity contribution is 5.99. The second-order valence-corrected chi connectivity index (χ2v) is 4.93. The van der Waals surface area contributed by atoms with Crippen molar-refractivity contribution >= 4 is 11.7 Å². The molecule has 17 heavy (non-hydrogen) atoms. The second-order valence-electron chi connectivity index (χ2n) is 4.93. The van der Waals surface area contributed by atoms with Gasteiger partial charge < -0.3 is 10.6 Å². The molecule has 0 unspecified atom stereocenters. The van der Waals surface area contributed by atoms with E-state index in [1.807, 2.05) is 12.1 Å². The Hall–Kier alpha value is -1.58. The highest BCUT2D eigenvalue weighted by Gasteiger charge is 2.17. The lowest BCUT2D eigenvalue weighted by Crippen LogP contribution is -2.36. The standard InChI is InChI=1S/C13H22N4/c1-9(2)8-17(10(3)4)13-11(12(14)15)6-5-7-16-13/h5-7,9-10H,8H2,1-4H3,(H3,14,15). The Morgan fingerprint density at radius 3 is 2.53 bits per heavy atom. The quantitative estimate of drug-likeness (QED) is 0.606. The van der Waals surface area contributed by atoms with E-state index in [-0.39, 0.29) is 5.84 Å². The van der Waals surface area contributed by atoms with Crippen molar-refractivity contribution in [2.75, 3.05) is 11.4 Å². The van der Waals surface area contributed by atoms with Gasteiger partial charge in [0.15, 0.2) is 0 Å². The van der Waals surface area contributed by atoms with Crippen LogP contribution in [0, 0.1) is 11.3 Å². The Bertz CT molecular complexity index is 385. The number of hydrogen-bond donors (Lipinski definition) is 2. The first kappa shape index (κ1) is 13.5. The number of amidine groups is 1. The van der Waals surface area contributed by atoms with Crippen LogP contribution in [0.1, 0.15) is 33.3 Å². The van der Waals surface area contributed by atoms with Crippen LogP contribution in [0.25, 0.3) is 0 Å². The van der Waals surface area contributed by atoms with Crippen molar-refractivity contribution in [2.24, 2.45) is 11.7 Å². The molecule has 1 rings (SSSR count). The maximum Gasteiger partial charge on any atom is 0.139 e. The molecular formula is C13H22N4. The van der Waals surface area contributed by atoms with Gasteiger partial charge in [-0.1, -0.05) is 13.8 Å². The van der Waals surface area contributed by atoms with Crippen LogP contribution in [0.5, 0.6) is 0 Å². The van der Waals surface area contributed by atoms with Gasteiger partial charge in [0.05, 0.1) is 5.56 Å². The molecule has 0 saturated carbocycles. The predicted molar refractivity (Wildman–Crippen MR) is 72.6 cm³/mol. The third-order valence-corrected chi connectivity index (χ3v) is 2.53. The number of anilines is 1. The highest BCUT2D eigenvalue weighted by Crippen LogP contribution is 2.20. The summed E-state index contributed by atoms with van der Waals surface area (Å²) in [6.07, 6.45) is 1.75. The number of hydrogen-bond acceptors (Lipinski definition) is 3. The first-order valence-electron chi connectivity index (χ1n) is 5.99. The zero-order valence-electron chi connectivity index (χ0n) is 11.1. The normalized spacial score (nSPS) is 10.9. The molecule has 94 valence electrons. The second kappa shape index (κ2) is 5.66. The molecule has 3 N–H and O–H groups in total. The maximum absolute atomic E-state index is 7.60. The maximum atomic E-state index is 7.60. The molecular weight excluding hydrogens is 212 g/mol. The van der Waals surface area contributed by atoms with Gasteiger partial charge in [0, 0.05) is 18.8 Å².